The van der Waals surface area contributed by atoms with E-state index in [2.05, 4.69) is 20.6 Å². The molecule has 0 atom stereocenters. The fourth-order valence-corrected chi connectivity index (χ4v) is 3.03. The highest BCUT2D eigenvalue weighted by Gasteiger charge is 2.05. The molecule has 2 heterocycles. The molecule has 1 aromatic carbocycles. The Morgan fingerprint density at radius 3 is 2.33 bits per heavy atom. The van der Waals surface area contributed by atoms with E-state index in [0.29, 0.717) is 12.4 Å². The number of hydrogen-bond acceptors (Lipinski definition) is 5. The Labute approximate surface area is 144 Å². The minimum absolute atomic E-state index is 0.0178. The van der Waals surface area contributed by atoms with Crippen molar-refractivity contribution in [2.75, 3.05) is 10.6 Å². The van der Waals surface area contributed by atoms with Gasteiger partial charge in [0.25, 0.3) is 0 Å². The molecule has 3 rings (SSSR count). The van der Waals surface area contributed by atoms with E-state index in [-0.39, 0.29) is 5.91 Å². The first kappa shape index (κ1) is 16.1. The lowest BCUT2D eigenvalue weighted by atomic mass is 10.2. The average Bonchev–Trinajstić information content (AvgIpc) is 3.01. The van der Waals surface area contributed by atoms with Crippen LogP contribution >= 0.6 is 11.3 Å². The van der Waals surface area contributed by atoms with E-state index in [1.54, 1.807) is 11.3 Å². The molecule has 24 heavy (non-hydrogen) atoms. The number of amides is 1. The molecule has 0 fully saturated rings. The van der Waals surface area contributed by atoms with Gasteiger partial charge in [0.15, 0.2) is 0 Å². The predicted octanol–water partition coefficient (Wildman–Crippen LogP) is 4.08. The molecule has 0 aliphatic rings. The molecule has 2 aromatic heterocycles. The molecule has 0 aliphatic carbocycles. The van der Waals surface area contributed by atoms with Gasteiger partial charge in [0, 0.05) is 27.6 Å². The molecule has 0 saturated carbocycles. The molecule has 0 bridgehead atoms. The Hall–Kier alpha value is -2.73. The van der Waals surface area contributed by atoms with Gasteiger partial charge in [-0.3, -0.25) is 4.79 Å². The SMILES string of the molecule is Cc1cc(C)nc(Nc2ccc(NC(=O)Cc3cccs3)cc2)n1. The molecule has 2 N–H and O–H groups in total. The van der Waals surface area contributed by atoms with Crippen LogP contribution in [0.3, 0.4) is 0 Å². The van der Waals surface area contributed by atoms with Crippen LogP contribution in [0.15, 0.2) is 47.8 Å². The van der Waals surface area contributed by atoms with Crippen LogP contribution in [0.2, 0.25) is 0 Å². The van der Waals surface area contributed by atoms with Crippen molar-refractivity contribution in [3.8, 4) is 0 Å². The summed E-state index contributed by atoms with van der Waals surface area (Å²) >= 11 is 1.58. The van der Waals surface area contributed by atoms with Gasteiger partial charge in [-0.15, -0.1) is 11.3 Å². The quantitative estimate of drug-likeness (QED) is 0.735. The summed E-state index contributed by atoms with van der Waals surface area (Å²) in [4.78, 5) is 21.7. The normalized spacial score (nSPS) is 10.4. The number of thiophene rings is 1. The third kappa shape index (κ3) is 4.39. The van der Waals surface area contributed by atoms with Crippen LogP contribution in [0.1, 0.15) is 16.3 Å². The summed E-state index contributed by atoms with van der Waals surface area (Å²) in [7, 11) is 0. The number of nitrogens with one attached hydrogen (secondary N) is 2. The van der Waals surface area contributed by atoms with Crippen molar-refractivity contribution in [2.45, 2.75) is 20.3 Å². The summed E-state index contributed by atoms with van der Waals surface area (Å²) in [6.45, 7) is 3.87. The average molecular weight is 338 g/mol. The van der Waals surface area contributed by atoms with Gasteiger partial charge < -0.3 is 10.6 Å². The van der Waals surface area contributed by atoms with E-state index >= 15 is 0 Å². The summed E-state index contributed by atoms with van der Waals surface area (Å²) in [5.41, 5.74) is 3.48. The van der Waals surface area contributed by atoms with Crippen molar-refractivity contribution in [3.63, 3.8) is 0 Å². The van der Waals surface area contributed by atoms with Gasteiger partial charge in [-0.1, -0.05) is 6.07 Å². The van der Waals surface area contributed by atoms with Crippen molar-refractivity contribution in [1.82, 2.24) is 9.97 Å². The second-order valence-corrected chi connectivity index (χ2v) is 6.51. The van der Waals surface area contributed by atoms with E-state index in [0.717, 1.165) is 27.6 Å². The van der Waals surface area contributed by atoms with Crippen molar-refractivity contribution in [1.29, 1.82) is 0 Å². The van der Waals surface area contributed by atoms with Crippen LogP contribution in [0, 0.1) is 13.8 Å². The predicted molar refractivity (Wildman–Crippen MR) is 97.9 cm³/mol. The molecular weight excluding hydrogens is 320 g/mol. The third-order valence-electron chi connectivity index (χ3n) is 3.32. The Morgan fingerprint density at radius 1 is 1.04 bits per heavy atom. The van der Waals surface area contributed by atoms with Gasteiger partial charge in [0.1, 0.15) is 0 Å². The molecule has 0 saturated heterocycles. The van der Waals surface area contributed by atoms with Gasteiger partial charge in [-0.05, 0) is 55.6 Å². The molecular formula is C18H18N4OS. The molecule has 6 heteroatoms. The minimum atomic E-state index is -0.0178. The number of carbonyl (C=O) groups is 1. The van der Waals surface area contributed by atoms with E-state index in [1.165, 1.54) is 0 Å². The summed E-state index contributed by atoms with van der Waals surface area (Å²) in [6.07, 6.45) is 0.397. The van der Waals surface area contributed by atoms with E-state index < -0.39 is 0 Å². The molecule has 0 unspecified atom stereocenters. The molecule has 0 aliphatic heterocycles. The van der Waals surface area contributed by atoms with Crippen LogP contribution in [0.4, 0.5) is 17.3 Å². The van der Waals surface area contributed by atoms with Gasteiger partial charge in [0.05, 0.1) is 6.42 Å². The fraction of sp³-hybridized carbons (Fsp3) is 0.167. The summed E-state index contributed by atoms with van der Waals surface area (Å²) < 4.78 is 0. The van der Waals surface area contributed by atoms with E-state index in [4.69, 9.17) is 0 Å². The van der Waals surface area contributed by atoms with E-state index in [1.807, 2.05) is 61.7 Å². The zero-order valence-corrected chi connectivity index (χ0v) is 14.4. The summed E-state index contributed by atoms with van der Waals surface area (Å²) in [5, 5.41) is 8.04. The Kier molecular flexibility index (Phi) is 4.86. The maximum Gasteiger partial charge on any atom is 0.229 e. The van der Waals surface area contributed by atoms with Crippen LogP contribution in [0.25, 0.3) is 0 Å². The smallest absolute Gasteiger partial charge is 0.229 e. The number of carbonyl (C=O) groups excluding carboxylic acids is 1. The zero-order valence-electron chi connectivity index (χ0n) is 13.5. The second-order valence-electron chi connectivity index (χ2n) is 5.48. The number of anilines is 3. The number of nitrogens with zero attached hydrogens (tertiary/aromatic N) is 2. The fourth-order valence-electron chi connectivity index (χ4n) is 2.32. The van der Waals surface area contributed by atoms with Crippen molar-refractivity contribution >= 4 is 34.6 Å². The van der Waals surface area contributed by atoms with Crippen molar-refractivity contribution < 1.29 is 4.79 Å². The van der Waals surface area contributed by atoms with Crippen LogP contribution in [-0.2, 0) is 11.2 Å². The van der Waals surface area contributed by atoms with Crippen molar-refractivity contribution in [3.05, 3.63) is 64.1 Å². The maximum absolute atomic E-state index is 12.0. The topological polar surface area (TPSA) is 66.9 Å². The molecule has 5 nitrogen and oxygen atoms in total. The van der Waals surface area contributed by atoms with Gasteiger partial charge in [0.2, 0.25) is 11.9 Å². The Morgan fingerprint density at radius 2 is 1.71 bits per heavy atom. The Balaban J connectivity index is 1.61. The van der Waals surface area contributed by atoms with Crippen molar-refractivity contribution in [2.24, 2.45) is 0 Å². The molecule has 3 aromatic rings. The van der Waals surface area contributed by atoms with Crippen LogP contribution in [-0.4, -0.2) is 15.9 Å². The maximum atomic E-state index is 12.0. The number of aryl methyl sites for hydroxylation is 2. The Bertz CT molecular complexity index is 808. The largest absolute Gasteiger partial charge is 0.326 e. The molecule has 122 valence electrons. The number of aromatic nitrogens is 2. The standard InChI is InChI=1S/C18H18N4OS/c1-12-10-13(2)20-18(19-12)22-15-7-5-14(6-8-15)21-17(23)11-16-4-3-9-24-16/h3-10H,11H2,1-2H3,(H,21,23)(H,19,20,22). The minimum Gasteiger partial charge on any atom is -0.326 e. The number of benzene rings is 1. The highest BCUT2D eigenvalue weighted by atomic mass is 32.1. The van der Waals surface area contributed by atoms with Crippen LogP contribution in [0.5, 0.6) is 0 Å². The highest BCUT2D eigenvalue weighted by Crippen LogP contribution is 2.18. The third-order valence-corrected chi connectivity index (χ3v) is 4.20. The highest BCUT2D eigenvalue weighted by molar-refractivity contribution is 7.10. The zero-order chi connectivity index (χ0) is 16.9. The first-order valence-corrected chi connectivity index (χ1v) is 8.48. The van der Waals surface area contributed by atoms with Crippen LogP contribution < -0.4 is 10.6 Å². The van der Waals surface area contributed by atoms with E-state index in [9.17, 15) is 4.79 Å². The lowest BCUT2D eigenvalue weighted by Gasteiger charge is -2.08. The van der Waals surface area contributed by atoms with Gasteiger partial charge in [-0.2, -0.15) is 0 Å². The first-order valence-electron chi connectivity index (χ1n) is 7.60. The summed E-state index contributed by atoms with van der Waals surface area (Å²) in [5.74, 6) is 0.554. The summed E-state index contributed by atoms with van der Waals surface area (Å²) in [6, 6.07) is 13.3. The van der Waals surface area contributed by atoms with Gasteiger partial charge >= 0.3 is 0 Å². The lowest BCUT2D eigenvalue weighted by molar-refractivity contribution is -0.115. The second kappa shape index (κ2) is 7.23. The number of rotatable bonds is 5. The molecule has 0 spiro atoms. The molecule has 0 radical (unpaired) electrons. The first-order chi connectivity index (χ1) is 11.6. The monoisotopic (exact) mass is 338 g/mol. The molecule has 1 amide bonds. The lowest BCUT2D eigenvalue weighted by Crippen LogP contribution is -2.13. The number of hydrogen-bond donors (Lipinski definition) is 2. The van der Waals surface area contributed by atoms with Gasteiger partial charge in [-0.25, -0.2) is 9.97 Å².